The van der Waals surface area contributed by atoms with E-state index in [9.17, 15) is 18.0 Å². The Labute approximate surface area is 131 Å². The average Bonchev–Trinajstić information content (AvgIpc) is 2.38. The van der Waals surface area contributed by atoms with Crippen molar-refractivity contribution in [2.75, 3.05) is 17.3 Å². The van der Waals surface area contributed by atoms with Gasteiger partial charge >= 0.3 is 0 Å². The molecule has 0 unspecified atom stereocenters. The number of hydrogen-bond acceptors (Lipinski definition) is 4. The number of rotatable bonds is 6. The van der Waals surface area contributed by atoms with Gasteiger partial charge in [-0.15, -0.1) is 0 Å². The number of aryl methyl sites for hydroxylation is 1. The summed E-state index contributed by atoms with van der Waals surface area (Å²) >= 11 is 0. The van der Waals surface area contributed by atoms with Crippen LogP contribution in [0.25, 0.3) is 0 Å². The number of amides is 2. The summed E-state index contributed by atoms with van der Waals surface area (Å²) in [5.41, 5.74) is 2.62. The van der Waals surface area contributed by atoms with Gasteiger partial charge in [0.05, 0.1) is 5.75 Å². The molecule has 0 aliphatic carbocycles. The Hall–Kier alpha value is -1.89. The Balaban J connectivity index is 2.87. The Morgan fingerprint density at radius 2 is 1.86 bits per heavy atom. The highest BCUT2D eigenvalue weighted by atomic mass is 32.2. The van der Waals surface area contributed by atoms with Crippen LogP contribution in [-0.4, -0.2) is 38.3 Å². The van der Waals surface area contributed by atoms with Crippen molar-refractivity contribution in [3.63, 3.8) is 0 Å². The minimum atomic E-state index is -3.21. The Bertz CT molecular complexity index is 668. The lowest BCUT2D eigenvalue weighted by Crippen LogP contribution is -2.44. The van der Waals surface area contributed by atoms with E-state index in [1.165, 1.54) is 6.92 Å². The Morgan fingerprint density at radius 1 is 1.23 bits per heavy atom. The van der Waals surface area contributed by atoms with Gasteiger partial charge in [-0.2, -0.15) is 0 Å². The van der Waals surface area contributed by atoms with Gasteiger partial charge in [-0.05, 0) is 37.5 Å². The summed E-state index contributed by atoms with van der Waals surface area (Å²) in [6.07, 6.45) is 1.13. The third-order valence-electron chi connectivity index (χ3n) is 3.33. The van der Waals surface area contributed by atoms with E-state index >= 15 is 0 Å². The van der Waals surface area contributed by atoms with E-state index in [1.807, 2.05) is 26.0 Å². The molecule has 1 atom stereocenters. The number of benzene rings is 1. The Morgan fingerprint density at radius 3 is 2.41 bits per heavy atom. The fourth-order valence-corrected chi connectivity index (χ4v) is 2.62. The standard InChI is InChI=1S/C15H22N2O4S/c1-10-6-5-7-13(11(10)2)17-15(19)14(16-12(3)18)8-9-22(4,20)21/h5-7,14H,8-9H2,1-4H3,(H,16,18)(H,17,19)/t14-/m0/s1. The van der Waals surface area contributed by atoms with Gasteiger partial charge in [-0.1, -0.05) is 12.1 Å². The fourth-order valence-electron chi connectivity index (χ4n) is 1.95. The van der Waals surface area contributed by atoms with E-state index in [4.69, 9.17) is 0 Å². The molecule has 2 amide bonds. The van der Waals surface area contributed by atoms with Crippen molar-refractivity contribution >= 4 is 27.3 Å². The largest absolute Gasteiger partial charge is 0.345 e. The van der Waals surface area contributed by atoms with Crippen molar-refractivity contribution in [2.24, 2.45) is 0 Å². The highest BCUT2D eigenvalue weighted by Crippen LogP contribution is 2.18. The maximum Gasteiger partial charge on any atom is 0.246 e. The lowest BCUT2D eigenvalue weighted by Gasteiger charge is -2.18. The highest BCUT2D eigenvalue weighted by molar-refractivity contribution is 7.90. The molecule has 1 aromatic carbocycles. The zero-order chi connectivity index (χ0) is 16.9. The maximum absolute atomic E-state index is 12.3. The molecule has 0 aromatic heterocycles. The van der Waals surface area contributed by atoms with E-state index < -0.39 is 21.8 Å². The summed E-state index contributed by atoms with van der Waals surface area (Å²) in [5, 5.41) is 5.24. The van der Waals surface area contributed by atoms with Gasteiger partial charge in [0.25, 0.3) is 0 Å². The lowest BCUT2D eigenvalue weighted by molar-refractivity contribution is -0.125. The molecule has 0 fully saturated rings. The van der Waals surface area contributed by atoms with E-state index in [2.05, 4.69) is 10.6 Å². The van der Waals surface area contributed by atoms with Crippen molar-refractivity contribution in [3.05, 3.63) is 29.3 Å². The van der Waals surface area contributed by atoms with Crippen LogP contribution in [-0.2, 0) is 19.4 Å². The number of carbonyl (C=O) groups is 2. The van der Waals surface area contributed by atoms with Gasteiger partial charge in [0, 0.05) is 18.9 Å². The van der Waals surface area contributed by atoms with Crippen LogP contribution in [0.1, 0.15) is 24.5 Å². The molecule has 22 heavy (non-hydrogen) atoms. The maximum atomic E-state index is 12.3. The van der Waals surface area contributed by atoms with Crippen molar-refractivity contribution in [2.45, 2.75) is 33.2 Å². The van der Waals surface area contributed by atoms with Crippen LogP contribution in [0.2, 0.25) is 0 Å². The smallest absolute Gasteiger partial charge is 0.246 e. The van der Waals surface area contributed by atoms with E-state index in [0.29, 0.717) is 5.69 Å². The zero-order valence-corrected chi connectivity index (χ0v) is 14.1. The molecule has 6 nitrogen and oxygen atoms in total. The predicted octanol–water partition coefficient (Wildman–Crippen LogP) is 1.18. The first-order chi connectivity index (χ1) is 10.1. The van der Waals surface area contributed by atoms with Crippen molar-refractivity contribution in [1.82, 2.24) is 5.32 Å². The van der Waals surface area contributed by atoms with Gasteiger partial charge < -0.3 is 10.6 Å². The fraction of sp³-hybridized carbons (Fsp3) is 0.467. The SMILES string of the molecule is CC(=O)N[C@@H](CCS(C)(=O)=O)C(=O)Nc1cccc(C)c1C. The summed E-state index contributed by atoms with van der Waals surface area (Å²) in [6, 6.07) is 4.64. The van der Waals surface area contributed by atoms with E-state index in [1.54, 1.807) is 6.07 Å². The molecule has 2 N–H and O–H groups in total. The van der Waals surface area contributed by atoms with Crippen LogP contribution in [0.3, 0.4) is 0 Å². The van der Waals surface area contributed by atoms with Gasteiger partial charge in [0.2, 0.25) is 11.8 Å². The average molecular weight is 326 g/mol. The quantitative estimate of drug-likeness (QED) is 0.821. The second kappa shape index (κ2) is 7.40. The summed E-state index contributed by atoms with van der Waals surface area (Å²) in [7, 11) is -3.21. The van der Waals surface area contributed by atoms with Crippen molar-refractivity contribution in [1.29, 1.82) is 0 Å². The lowest BCUT2D eigenvalue weighted by atomic mass is 10.1. The number of carbonyl (C=O) groups excluding carboxylic acids is 2. The molecule has 0 heterocycles. The number of nitrogens with one attached hydrogen (secondary N) is 2. The van der Waals surface area contributed by atoms with Crippen molar-refractivity contribution < 1.29 is 18.0 Å². The van der Waals surface area contributed by atoms with Crippen LogP contribution < -0.4 is 10.6 Å². The molecule has 0 aliphatic heterocycles. The summed E-state index contributed by atoms with van der Waals surface area (Å²) in [6.45, 7) is 5.10. The van der Waals surface area contributed by atoms with Gasteiger partial charge in [0.1, 0.15) is 15.9 Å². The molecular formula is C15H22N2O4S. The summed E-state index contributed by atoms with van der Waals surface area (Å²) in [4.78, 5) is 23.5. The van der Waals surface area contributed by atoms with Crippen molar-refractivity contribution in [3.8, 4) is 0 Å². The molecule has 0 radical (unpaired) electrons. The normalized spacial score (nSPS) is 12.5. The molecule has 122 valence electrons. The first-order valence-electron chi connectivity index (χ1n) is 6.92. The topological polar surface area (TPSA) is 92.3 Å². The third-order valence-corrected chi connectivity index (χ3v) is 4.31. The molecule has 7 heteroatoms. The highest BCUT2D eigenvalue weighted by Gasteiger charge is 2.21. The number of sulfone groups is 1. The first-order valence-corrected chi connectivity index (χ1v) is 8.98. The Kier molecular flexibility index (Phi) is 6.11. The van der Waals surface area contributed by atoms with Crippen LogP contribution in [0.5, 0.6) is 0 Å². The minimum Gasteiger partial charge on any atom is -0.345 e. The van der Waals surface area contributed by atoms with Gasteiger partial charge in [0.15, 0.2) is 0 Å². The molecule has 0 bridgehead atoms. The van der Waals surface area contributed by atoms with Crippen LogP contribution in [0.15, 0.2) is 18.2 Å². The van der Waals surface area contributed by atoms with E-state index in [-0.39, 0.29) is 18.1 Å². The second-order valence-corrected chi connectivity index (χ2v) is 7.67. The molecule has 0 saturated carbocycles. The molecule has 0 saturated heterocycles. The predicted molar refractivity (Wildman–Crippen MR) is 86.5 cm³/mol. The molecule has 1 aromatic rings. The molecule has 0 aliphatic rings. The number of anilines is 1. The summed E-state index contributed by atoms with van der Waals surface area (Å²) in [5.74, 6) is -0.972. The molecular weight excluding hydrogens is 304 g/mol. The summed E-state index contributed by atoms with van der Waals surface area (Å²) < 4.78 is 22.5. The minimum absolute atomic E-state index is 0.0368. The second-order valence-electron chi connectivity index (χ2n) is 5.41. The monoisotopic (exact) mass is 326 g/mol. The third kappa shape index (κ3) is 5.85. The molecule has 1 rings (SSSR count). The first kappa shape index (κ1) is 18.2. The van der Waals surface area contributed by atoms with Gasteiger partial charge in [-0.25, -0.2) is 8.42 Å². The van der Waals surface area contributed by atoms with Crippen LogP contribution >= 0.6 is 0 Å². The van der Waals surface area contributed by atoms with E-state index in [0.717, 1.165) is 17.4 Å². The van der Waals surface area contributed by atoms with Crippen LogP contribution in [0.4, 0.5) is 5.69 Å². The zero-order valence-electron chi connectivity index (χ0n) is 13.3. The van der Waals surface area contributed by atoms with Gasteiger partial charge in [-0.3, -0.25) is 9.59 Å². The van der Waals surface area contributed by atoms with Crippen LogP contribution in [0, 0.1) is 13.8 Å². The number of hydrogen-bond donors (Lipinski definition) is 2. The molecule has 0 spiro atoms.